The van der Waals surface area contributed by atoms with Crippen molar-refractivity contribution in [2.75, 3.05) is 13.7 Å². The number of aromatic nitrogens is 2. The van der Waals surface area contributed by atoms with Gasteiger partial charge in [-0.2, -0.15) is 5.10 Å². The van der Waals surface area contributed by atoms with Crippen LogP contribution in [0.4, 0.5) is 4.79 Å². The zero-order chi connectivity index (χ0) is 22.8. The second kappa shape index (κ2) is 9.35. The smallest absolute Gasteiger partial charge is 0.428 e. The van der Waals surface area contributed by atoms with Crippen LogP contribution in [0.25, 0.3) is 10.2 Å². The zero-order valence-corrected chi connectivity index (χ0v) is 19.5. The molecule has 2 aromatic rings. The van der Waals surface area contributed by atoms with Gasteiger partial charge < -0.3 is 9.47 Å². The van der Waals surface area contributed by atoms with E-state index in [1.54, 1.807) is 32.4 Å². The number of hydrogen-bond donors (Lipinski definition) is 1. The number of fused-ring (bicyclic) bond motifs is 1. The van der Waals surface area contributed by atoms with E-state index in [0.29, 0.717) is 28.2 Å². The van der Waals surface area contributed by atoms with Crippen molar-refractivity contribution in [2.24, 2.45) is 5.10 Å². The molecular weight excluding hydrogens is 420 g/mol. The largest absolute Gasteiger partial charge is 0.443 e. The summed E-state index contributed by atoms with van der Waals surface area (Å²) in [4.78, 5) is 39.6. The van der Waals surface area contributed by atoms with E-state index < -0.39 is 11.7 Å². The lowest BCUT2D eigenvalue weighted by Crippen LogP contribution is -2.42. The molecule has 10 heteroatoms. The van der Waals surface area contributed by atoms with Gasteiger partial charge in [0.25, 0.3) is 5.56 Å². The van der Waals surface area contributed by atoms with E-state index >= 15 is 0 Å². The van der Waals surface area contributed by atoms with Gasteiger partial charge in [0.15, 0.2) is 0 Å². The molecule has 1 aliphatic rings. The normalized spacial score (nSPS) is 15.3. The standard InChI is InChI=1S/C21H30N4O5S/c1-13-15(12-22-23-19(27)30-21(2,3)4)31-18-16(13)17(26)25(14-8-6-7-9-14)20(28)24(18)10-11-29-5/h12,14H,6-11H2,1-5H3,(H,23,27). The first-order valence-electron chi connectivity index (χ1n) is 10.4. The number of hydrazone groups is 1. The van der Waals surface area contributed by atoms with Gasteiger partial charge in [0.2, 0.25) is 0 Å². The van der Waals surface area contributed by atoms with Crippen LogP contribution in [0.3, 0.4) is 0 Å². The molecule has 2 aromatic heterocycles. The van der Waals surface area contributed by atoms with Crippen molar-refractivity contribution in [3.63, 3.8) is 0 Å². The minimum Gasteiger partial charge on any atom is -0.443 e. The number of carbonyl (C=O) groups is 1. The first-order valence-corrected chi connectivity index (χ1v) is 11.2. The van der Waals surface area contributed by atoms with Gasteiger partial charge in [-0.3, -0.25) is 13.9 Å². The van der Waals surface area contributed by atoms with Gasteiger partial charge in [-0.05, 0) is 46.1 Å². The van der Waals surface area contributed by atoms with Crippen LogP contribution < -0.4 is 16.7 Å². The van der Waals surface area contributed by atoms with Crippen molar-refractivity contribution >= 4 is 33.9 Å². The molecule has 1 aliphatic carbocycles. The number of thiophene rings is 1. The third-order valence-corrected chi connectivity index (χ3v) is 6.47. The zero-order valence-electron chi connectivity index (χ0n) is 18.7. The predicted octanol–water partition coefficient (Wildman–Crippen LogP) is 3.15. The van der Waals surface area contributed by atoms with Gasteiger partial charge in [-0.25, -0.2) is 15.0 Å². The quantitative estimate of drug-likeness (QED) is 0.538. The van der Waals surface area contributed by atoms with Crippen LogP contribution >= 0.6 is 11.3 Å². The highest BCUT2D eigenvalue weighted by molar-refractivity contribution is 7.20. The molecule has 0 bridgehead atoms. The molecule has 0 aromatic carbocycles. The third kappa shape index (κ3) is 5.07. The monoisotopic (exact) mass is 450 g/mol. The van der Waals surface area contributed by atoms with Crippen LogP contribution in [-0.2, 0) is 16.0 Å². The van der Waals surface area contributed by atoms with Gasteiger partial charge in [0.05, 0.1) is 29.6 Å². The summed E-state index contributed by atoms with van der Waals surface area (Å²) in [5.41, 5.74) is 1.89. The fourth-order valence-electron chi connectivity index (χ4n) is 3.81. The van der Waals surface area contributed by atoms with E-state index in [1.807, 2.05) is 6.92 Å². The van der Waals surface area contributed by atoms with Gasteiger partial charge in [-0.15, -0.1) is 11.3 Å². The number of ether oxygens (including phenoxy) is 2. The Balaban J connectivity index is 2.04. The molecule has 0 atom stereocenters. The average molecular weight is 451 g/mol. The van der Waals surface area contributed by atoms with E-state index in [0.717, 1.165) is 31.2 Å². The Morgan fingerprint density at radius 1 is 1.29 bits per heavy atom. The first kappa shape index (κ1) is 23.2. The lowest BCUT2D eigenvalue weighted by atomic mass is 10.2. The number of methoxy groups -OCH3 is 1. The highest BCUT2D eigenvalue weighted by atomic mass is 32.1. The lowest BCUT2D eigenvalue weighted by molar-refractivity contribution is 0.0529. The molecule has 0 unspecified atom stereocenters. The van der Waals surface area contributed by atoms with Crippen molar-refractivity contribution in [3.05, 3.63) is 31.3 Å². The molecule has 0 saturated heterocycles. The second-order valence-electron chi connectivity index (χ2n) is 8.68. The summed E-state index contributed by atoms with van der Waals surface area (Å²) in [6, 6.07) is -0.0663. The molecule has 0 aliphatic heterocycles. The fourth-order valence-corrected chi connectivity index (χ4v) is 5.00. The highest BCUT2D eigenvalue weighted by Gasteiger charge is 2.25. The highest BCUT2D eigenvalue weighted by Crippen LogP contribution is 2.30. The minimum atomic E-state index is -0.664. The maximum atomic E-state index is 13.3. The van der Waals surface area contributed by atoms with Crippen molar-refractivity contribution < 1.29 is 14.3 Å². The Morgan fingerprint density at radius 2 is 1.97 bits per heavy atom. The molecule has 1 amide bonds. The number of nitrogens with one attached hydrogen (secondary N) is 1. The van der Waals surface area contributed by atoms with Crippen molar-refractivity contribution in [1.82, 2.24) is 14.6 Å². The van der Waals surface area contributed by atoms with Crippen LogP contribution in [0.5, 0.6) is 0 Å². The minimum absolute atomic E-state index is 0.0663. The summed E-state index contributed by atoms with van der Waals surface area (Å²) in [7, 11) is 1.58. The summed E-state index contributed by atoms with van der Waals surface area (Å²) < 4.78 is 13.4. The molecule has 0 radical (unpaired) electrons. The number of amides is 1. The molecule has 1 fully saturated rings. The topological polar surface area (TPSA) is 104 Å². The van der Waals surface area contributed by atoms with Gasteiger partial charge in [0, 0.05) is 13.2 Å². The summed E-state index contributed by atoms with van der Waals surface area (Å²) in [5, 5.41) is 4.49. The van der Waals surface area contributed by atoms with E-state index in [9.17, 15) is 14.4 Å². The lowest BCUT2D eigenvalue weighted by Gasteiger charge is -2.18. The maximum absolute atomic E-state index is 13.3. The van der Waals surface area contributed by atoms with Crippen molar-refractivity contribution in [1.29, 1.82) is 0 Å². The number of hydrogen-bond acceptors (Lipinski definition) is 7. The molecule has 9 nitrogen and oxygen atoms in total. The van der Waals surface area contributed by atoms with Crippen LogP contribution in [0, 0.1) is 6.92 Å². The first-order chi connectivity index (χ1) is 14.6. The number of nitrogens with zero attached hydrogens (tertiary/aromatic N) is 3. The molecular formula is C21H30N4O5S. The van der Waals surface area contributed by atoms with E-state index in [2.05, 4.69) is 10.5 Å². The van der Waals surface area contributed by atoms with Crippen LogP contribution in [0.2, 0.25) is 0 Å². The summed E-state index contributed by atoms with van der Waals surface area (Å²) in [5.74, 6) is 0. The van der Waals surface area contributed by atoms with Crippen LogP contribution in [0.15, 0.2) is 14.7 Å². The van der Waals surface area contributed by atoms with Crippen LogP contribution in [-0.4, -0.2) is 40.8 Å². The van der Waals surface area contributed by atoms with Gasteiger partial charge in [0.1, 0.15) is 10.4 Å². The Bertz CT molecular complexity index is 1100. The molecule has 2 heterocycles. The third-order valence-electron chi connectivity index (χ3n) is 5.23. The van der Waals surface area contributed by atoms with Gasteiger partial charge in [-0.1, -0.05) is 12.8 Å². The summed E-state index contributed by atoms with van der Waals surface area (Å²) in [6.07, 6.45) is 4.52. The number of carbonyl (C=O) groups excluding carboxylic acids is 1. The van der Waals surface area contributed by atoms with Crippen LogP contribution in [0.1, 0.15) is 62.9 Å². The molecule has 170 valence electrons. The molecule has 0 spiro atoms. The fraction of sp³-hybridized carbons (Fsp3) is 0.619. The van der Waals surface area contributed by atoms with Crippen molar-refractivity contribution in [3.8, 4) is 0 Å². The predicted molar refractivity (Wildman–Crippen MR) is 121 cm³/mol. The Kier molecular flexibility index (Phi) is 7.00. The second-order valence-corrected chi connectivity index (χ2v) is 9.71. The van der Waals surface area contributed by atoms with E-state index in [-0.39, 0.29) is 17.3 Å². The van der Waals surface area contributed by atoms with E-state index in [1.165, 1.54) is 22.1 Å². The summed E-state index contributed by atoms with van der Waals surface area (Å²) >= 11 is 1.30. The Morgan fingerprint density at radius 3 is 2.58 bits per heavy atom. The Hall–Kier alpha value is -2.46. The molecule has 1 N–H and O–H groups in total. The number of aryl methyl sites for hydroxylation is 1. The Labute approximate surface area is 184 Å². The molecule has 3 rings (SSSR count). The maximum Gasteiger partial charge on any atom is 0.428 e. The van der Waals surface area contributed by atoms with Crippen molar-refractivity contribution in [2.45, 2.75) is 71.6 Å². The molecule has 1 saturated carbocycles. The summed E-state index contributed by atoms with van der Waals surface area (Å²) in [6.45, 7) is 7.84. The molecule has 31 heavy (non-hydrogen) atoms. The van der Waals surface area contributed by atoms with E-state index in [4.69, 9.17) is 9.47 Å². The number of rotatable bonds is 6. The average Bonchev–Trinajstić information content (AvgIpc) is 3.29. The van der Waals surface area contributed by atoms with Gasteiger partial charge >= 0.3 is 11.8 Å². The SMILES string of the molecule is COCCn1c(=O)n(C2CCCC2)c(=O)c2c(C)c(C=NNC(=O)OC(C)(C)C)sc21.